The van der Waals surface area contributed by atoms with Crippen molar-refractivity contribution in [1.82, 2.24) is 0 Å². The van der Waals surface area contributed by atoms with E-state index >= 15 is 0 Å². The van der Waals surface area contributed by atoms with Gasteiger partial charge in [0.15, 0.2) is 0 Å². The lowest BCUT2D eigenvalue weighted by molar-refractivity contribution is 0.210. The van der Waals surface area contributed by atoms with Crippen LogP contribution in [0.1, 0.15) is 47.0 Å². The molecule has 0 N–H and O–H groups in total. The summed E-state index contributed by atoms with van der Waals surface area (Å²) in [6.45, 7) is 9.59. The second kappa shape index (κ2) is 2.56. The Labute approximate surface area is 65.0 Å². The Kier molecular flexibility index (Phi) is 2.07. The van der Waals surface area contributed by atoms with Crippen molar-refractivity contribution in [2.24, 2.45) is 17.3 Å². The molecule has 0 aromatic heterocycles. The first-order valence-corrected chi connectivity index (χ1v) is 4.60. The highest BCUT2D eigenvalue weighted by atomic mass is 14.4. The summed E-state index contributed by atoms with van der Waals surface area (Å²) in [5.74, 6) is 1.91. The lowest BCUT2D eigenvalue weighted by Crippen LogP contribution is -2.20. The van der Waals surface area contributed by atoms with E-state index in [1.165, 1.54) is 19.3 Å². The molecule has 10 heavy (non-hydrogen) atoms. The molecule has 0 radical (unpaired) electrons. The van der Waals surface area contributed by atoms with Crippen molar-refractivity contribution in [3.63, 3.8) is 0 Å². The fourth-order valence-corrected chi connectivity index (χ4v) is 2.22. The lowest BCUT2D eigenvalue weighted by atomic mass is 9.77. The summed E-state index contributed by atoms with van der Waals surface area (Å²) < 4.78 is 0. The average Bonchev–Trinajstić information content (AvgIpc) is 2.19. The van der Waals surface area contributed by atoms with Crippen molar-refractivity contribution < 1.29 is 0 Å². The SMILES string of the molecule is CCC1(C)CC[C@H](C)C1C. The Morgan fingerprint density at radius 3 is 2.20 bits per heavy atom. The Morgan fingerprint density at radius 1 is 1.40 bits per heavy atom. The van der Waals surface area contributed by atoms with E-state index in [0.717, 1.165) is 11.8 Å². The van der Waals surface area contributed by atoms with Crippen LogP contribution in [0.25, 0.3) is 0 Å². The highest BCUT2D eigenvalue weighted by Gasteiger charge is 2.38. The van der Waals surface area contributed by atoms with Gasteiger partial charge in [-0.3, -0.25) is 0 Å². The molecule has 60 valence electrons. The van der Waals surface area contributed by atoms with E-state index in [4.69, 9.17) is 0 Å². The molecule has 1 rings (SSSR count). The van der Waals surface area contributed by atoms with Crippen molar-refractivity contribution in [1.29, 1.82) is 0 Å². The molecule has 1 fully saturated rings. The van der Waals surface area contributed by atoms with Gasteiger partial charge in [-0.05, 0) is 30.1 Å². The summed E-state index contributed by atoms with van der Waals surface area (Å²) in [6.07, 6.45) is 4.26. The van der Waals surface area contributed by atoms with Crippen LogP contribution in [0.4, 0.5) is 0 Å². The molecular weight excluding hydrogens is 120 g/mol. The maximum absolute atomic E-state index is 2.45. The summed E-state index contributed by atoms with van der Waals surface area (Å²) in [5.41, 5.74) is 0.666. The molecule has 0 aliphatic heterocycles. The number of hydrogen-bond donors (Lipinski definition) is 0. The zero-order valence-electron chi connectivity index (χ0n) is 7.78. The van der Waals surface area contributed by atoms with E-state index in [1.807, 2.05) is 0 Å². The quantitative estimate of drug-likeness (QED) is 0.523. The fraction of sp³-hybridized carbons (Fsp3) is 1.00. The van der Waals surface area contributed by atoms with Crippen LogP contribution in [0.15, 0.2) is 0 Å². The molecule has 1 aliphatic rings. The molecule has 1 saturated carbocycles. The van der Waals surface area contributed by atoms with E-state index in [0.29, 0.717) is 5.41 Å². The van der Waals surface area contributed by atoms with Crippen LogP contribution < -0.4 is 0 Å². The van der Waals surface area contributed by atoms with Crippen LogP contribution >= 0.6 is 0 Å². The molecule has 0 heterocycles. The number of rotatable bonds is 1. The average molecular weight is 140 g/mol. The zero-order chi connectivity index (χ0) is 7.78. The predicted octanol–water partition coefficient (Wildman–Crippen LogP) is 3.47. The van der Waals surface area contributed by atoms with Crippen LogP contribution in [0.5, 0.6) is 0 Å². The van der Waals surface area contributed by atoms with Gasteiger partial charge in [0.1, 0.15) is 0 Å². The topological polar surface area (TPSA) is 0 Å². The van der Waals surface area contributed by atoms with E-state index in [-0.39, 0.29) is 0 Å². The van der Waals surface area contributed by atoms with Crippen LogP contribution in [-0.2, 0) is 0 Å². The van der Waals surface area contributed by atoms with E-state index in [1.54, 1.807) is 0 Å². The molecule has 1 aliphatic carbocycles. The Balaban J connectivity index is 2.64. The third-order valence-corrected chi connectivity index (χ3v) is 3.93. The zero-order valence-corrected chi connectivity index (χ0v) is 7.78. The first-order chi connectivity index (χ1) is 4.60. The van der Waals surface area contributed by atoms with Gasteiger partial charge in [-0.1, -0.05) is 34.1 Å². The summed E-state index contributed by atoms with van der Waals surface area (Å²) in [6, 6.07) is 0. The van der Waals surface area contributed by atoms with Crippen LogP contribution in [0.3, 0.4) is 0 Å². The van der Waals surface area contributed by atoms with Gasteiger partial charge in [0.05, 0.1) is 0 Å². The molecule has 0 saturated heterocycles. The highest BCUT2D eigenvalue weighted by Crippen LogP contribution is 2.48. The van der Waals surface area contributed by atoms with E-state index in [9.17, 15) is 0 Å². The molecule has 0 nitrogen and oxygen atoms in total. The number of hydrogen-bond acceptors (Lipinski definition) is 0. The van der Waals surface area contributed by atoms with Gasteiger partial charge in [0, 0.05) is 0 Å². The molecular formula is C10H20. The minimum absolute atomic E-state index is 0.666. The van der Waals surface area contributed by atoms with E-state index in [2.05, 4.69) is 27.7 Å². The molecule has 0 bridgehead atoms. The summed E-state index contributed by atoms with van der Waals surface area (Å²) >= 11 is 0. The maximum Gasteiger partial charge on any atom is -0.0300 e. The van der Waals surface area contributed by atoms with Crippen LogP contribution in [0.2, 0.25) is 0 Å². The lowest BCUT2D eigenvalue weighted by Gasteiger charge is -2.29. The van der Waals surface area contributed by atoms with Crippen molar-refractivity contribution in [2.45, 2.75) is 47.0 Å². The third kappa shape index (κ3) is 1.09. The van der Waals surface area contributed by atoms with Gasteiger partial charge in [-0.15, -0.1) is 0 Å². The van der Waals surface area contributed by atoms with Crippen molar-refractivity contribution in [2.75, 3.05) is 0 Å². The fourth-order valence-electron chi connectivity index (χ4n) is 2.22. The Morgan fingerprint density at radius 2 is 2.00 bits per heavy atom. The Hall–Kier alpha value is 0. The first-order valence-electron chi connectivity index (χ1n) is 4.60. The second-order valence-corrected chi connectivity index (χ2v) is 4.31. The largest absolute Gasteiger partial charge is 0.0649 e. The normalized spacial score (nSPS) is 48.0. The summed E-state index contributed by atoms with van der Waals surface area (Å²) in [5, 5.41) is 0. The van der Waals surface area contributed by atoms with E-state index < -0.39 is 0 Å². The van der Waals surface area contributed by atoms with Crippen molar-refractivity contribution in [3.8, 4) is 0 Å². The minimum Gasteiger partial charge on any atom is -0.0649 e. The smallest absolute Gasteiger partial charge is 0.0300 e. The molecule has 0 spiro atoms. The highest BCUT2D eigenvalue weighted by molar-refractivity contribution is 4.88. The molecule has 0 aromatic carbocycles. The summed E-state index contributed by atoms with van der Waals surface area (Å²) in [7, 11) is 0. The van der Waals surface area contributed by atoms with Crippen LogP contribution in [-0.4, -0.2) is 0 Å². The van der Waals surface area contributed by atoms with Crippen molar-refractivity contribution in [3.05, 3.63) is 0 Å². The standard InChI is InChI=1S/C10H20/c1-5-10(4)7-6-8(2)9(10)3/h8-9H,5-7H2,1-4H3/t8-,9?,10?/m0/s1. The third-order valence-electron chi connectivity index (χ3n) is 3.93. The van der Waals surface area contributed by atoms with Gasteiger partial charge >= 0.3 is 0 Å². The first kappa shape index (κ1) is 8.10. The van der Waals surface area contributed by atoms with Gasteiger partial charge in [0.25, 0.3) is 0 Å². The van der Waals surface area contributed by atoms with Crippen LogP contribution in [0, 0.1) is 17.3 Å². The van der Waals surface area contributed by atoms with Crippen molar-refractivity contribution >= 4 is 0 Å². The monoisotopic (exact) mass is 140 g/mol. The second-order valence-electron chi connectivity index (χ2n) is 4.31. The molecule has 0 amide bonds. The Bertz CT molecular complexity index is 117. The minimum atomic E-state index is 0.666. The van der Waals surface area contributed by atoms with Gasteiger partial charge in [-0.2, -0.15) is 0 Å². The predicted molar refractivity (Wildman–Crippen MR) is 46.0 cm³/mol. The maximum atomic E-state index is 2.45. The van der Waals surface area contributed by atoms with Gasteiger partial charge < -0.3 is 0 Å². The summed E-state index contributed by atoms with van der Waals surface area (Å²) in [4.78, 5) is 0. The molecule has 3 atom stereocenters. The molecule has 2 unspecified atom stereocenters. The van der Waals surface area contributed by atoms with Gasteiger partial charge in [-0.25, -0.2) is 0 Å². The molecule has 0 aromatic rings. The molecule has 0 heteroatoms. The van der Waals surface area contributed by atoms with Gasteiger partial charge in [0.2, 0.25) is 0 Å².